The van der Waals surface area contributed by atoms with E-state index in [-0.39, 0.29) is 5.91 Å². The Morgan fingerprint density at radius 2 is 1.55 bits per heavy atom. The fourth-order valence-electron chi connectivity index (χ4n) is 2.64. The van der Waals surface area contributed by atoms with Crippen molar-refractivity contribution in [2.45, 2.75) is 0 Å². The second-order valence-corrected chi connectivity index (χ2v) is 6.52. The van der Waals surface area contributed by atoms with Gasteiger partial charge in [-0.1, -0.05) is 0 Å². The number of pyridine rings is 1. The molecule has 0 spiro atoms. The van der Waals surface area contributed by atoms with Crippen molar-refractivity contribution < 1.29 is 14.3 Å². The molecule has 0 unspecified atom stereocenters. The molecule has 3 aromatic rings. The van der Waals surface area contributed by atoms with Crippen molar-refractivity contribution in [1.29, 1.82) is 0 Å². The monoisotopic (exact) mass is 390 g/mol. The maximum absolute atomic E-state index is 12.6. The van der Waals surface area contributed by atoms with E-state index in [0.29, 0.717) is 22.6 Å². The average molecular weight is 390 g/mol. The lowest BCUT2D eigenvalue weighted by Gasteiger charge is -2.13. The van der Waals surface area contributed by atoms with Gasteiger partial charge in [-0.05, 0) is 60.7 Å². The lowest BCUT2D eigenvalue weighted by Crippen LogP contribution is -2.13. The van der Waals surface area contributed by atoms with Crippen LogP contribution >= 0.6 is 0 Å². The van der Waals surface area contributed by atoms with Crippen LogP contribution in [0.3, 0.4) is 0 Å². The summed E-state index contributed by atoms with van der Waals surface area (Å²) in [5, 5.41) is 6.00. The summed E-state index contributed by atoms with van der Waals surface area (Å²) in [5.74, 6) is -0.104. The Kier molecular flexibility index (Phi) is 6.09. The maximum Gasteiger partial charge on any atom is 0.337 e. The Bertz CT molecular complexity index is 999. The van der Waals surface area contributed by atoms with Gasteiger partial charge in [0.25, 0.3) is 5.91 Å². The number of nitrogens with zero attached hydrogens (tertiary/aromatic N) is 2. The number of amides is 1. The predicted molar refractivity (Wildman–Crippen MR) is 114 cm³/mol. The van der Waals surface area contributed by atoms with Crippen LogP contribution < -0.4 is 15.5 Å². The van der Waals surface area contributed by atoms with Crippen LogP contribution in [0.2, 0.25) is 0 Å². The van der Waals surface area contributed by atoms with Crippen LogP contribution in [-0.2, 0) is 4.74 Å². The van der Waals surface area contributed by atoms with Gasteiger partial charge in [0.2, 0.25) is 0 Å². The summed E-state index contributed by atoms with van der Waals surface area (Å²) in [6.07, 6.45) is 1.56. The number of esters is 1. The molecular weight excluding hydrogens is 368 g/mol. The van der Waals surface area contributed by atoms with Gasteiger partial charge in [0.15, 0.2) is 0 Å². The van der Waals surface area contributed by atoms with Gasteiger partial charge in [-0.2, -0.15) is 0 Å². The van der Waals surface area contributed by atoms with E-state index in [1.54, 1.807) is 42.6 Å². The molecule has 1 aromatic heterocycles. The van der Waals surface area contributed by atoms with E-state index >= 15 is 0 Å². The third-order valence-corrected chi connectivity index (χ3v) is 4.24. The Balaban J connectivity index is 1.68. The summed E-state index contributed by atoms with van der Waals surface area (Å²) in [6, 6.07) is 17.7. The number of methoxy groups -OCH3 is 1. The van der Waals surface area contributed by atoms with E-state index in [1.165, 1.54) is 7.11 Å². The molecule has 0 saturated carbocycles. The number of hydrogen-bond donors (Lipinski definition) is 2. The van der Waals surface area contributed by atoms with Crippen molar-refractivity contribution in [3.63, 3.8) is 0 Å². The third-order valence-electron chi connectivity index (χ3n) is 4.24. The first-order valence-corrected chi connectivity index (χ1v) is 8.96. The normalized spacial score (nSPS) is 10.2. The highest BCUT2D eigenvalue weighted by molar-refractivity contribution is 6.04. The first-order valence-electron chi connectivity index (χ1n) is 8.96. The molecule has 0 atom stereocenters. The van der Waals surface area contributed by atoms with Crippen LogP contribution in [0.15, 0.2) is 66.9 Å². The Morgan fingerprint density at radius 3 is 2.17 bits per heavy atom. The van der Waals surface area contributed by atoms with Gasteiger partial charge in [0.05, 0.1) is 12.7 Å². The largest absolute Gasteiger partial charge is 0.465 e. The van der Waals surface area contributed by atoms with Crippen LogP contribution in [0.1, 0.15) is 20.7 Å². The maximum atomic E-state index is 12.6. The number of nitrogens with one attached hydrogen (secondary N) is 2. The SMILES string of the molecule is COC(=O)c1ccc(Nc2cc(C(=O)Nc3ccc(N(C)C)cc3)ccn2)cc1. The van der Waals surface area contributed by atoms with Gasteiger partial charge in [-0.25, -0.2) is 9.78 Å². The molecule has 0 aliphatic heterocycles. The topological polar surface area (TPSA) is 83.6 Å². The highest BCUT2D eigenvalue weighted by atomic mass is 16.5. The van der Waals surface area contributed by atoms with Gasteiger partial charge in [0, 0.05) is 42.9 Å². The molecule has 7 nitrogen and oxygen atoms in total. The summed E-state index contributed by atoms with van der Waals surface area (Å²) < 4.78 is 4.68. The summed E-state index contributed by atoms with van der Waals surface area (Å²) in [7, 11) is 5.26. The number of carbonyl (C=O) groups excluding carboxylic acids is 2. The van der Waals surface area contributed by atoms with Crippen molar-refractivity contribution in [3.8, 4) is 0 Å². The standard InChI is InChI=1S/C22H22N4O3/c1-26(2)19-10-8-18(9-11-19)25-21(27)16-12-13-23-20(14-16)24-17-6-4-15(5-7-17)22(28)29-3/h4-14H,1-3H3,(H,23,24)(H,25,27). The van der Waals surface area contributed by atoms with Gasteiger partial charge in [-0.15, -0.1) is 0 Å². The Morgan fingerprint density at radius 1 is 0.897 bits per heavy atom. The predicted octanol–water partition coefficient (Wildman–Crippen LogP) is 3.93. The van der Waals surface area contributed by atoms with Crippen molar-refractivity contribution in [1.82, 2.24) is 4.98 Å². The molecule has 0 saturated heterocycles. The molecule has 0 bridgehead atoms. The minimum atomic E-state index is -0.396. The second kappa shape index (κ2) is 8.88. The quantitative estimate of drug-likeness (QED) is 0.621. The molecule has 1 amide bonds. The van der Waals surface area contributed by atoms with Crippen molar-refractivity contribution in [2.24, 2.45) is 0 Å². The number of ether oxygens (including phenoxy) is 1. The summed E-state index contributed by atoms with van der Waals surface area (Å²) in [6.45, 7) is 0. The van der Waals surface area contributed by atoms with Crippen LogP contribution in [-0.4, -0.2) is 38.1 Å². The summed E-state index contributed by atoms with van der Waals surface area (Å²) in [5.41, 5.74) is 3.44. The number of anilines is 4. The number of rotatable bonds is 6. The summed E-state index contributed by atoms with van der Waals surface area (Å²) >= 11 is 0. The number of carbonyl (C=O) groups is 2. The molecule has 29 heavy (non-hydrogen) atoms. The van der Waals surface area contributed by atoms with E-state index in [0.717, 1.165) is 11.4 Å². The van der Waals surface area contributed by atoms with Crippen molar-refractivity contribution in [3.05, 3.63) is 78.0 Å². The lowest BCUT2D eigenvalue weighted by molar-refractivity contribution is 0.0600. The zero-order valence-electron chi connectivity index (χ0n) is 16.5. The summed E-state index contributed by atoms with van der Waals surface area (Å²) in [4.78, 5) is 30.3. The molecule has 7 heteroatoms. The molecule has 0 fully saturated rings. The molecule has 0 aliphatic rings. The lowest BCUT2D eigenvalue weighted by atomic mass is 10.2. The number of hydrogen-bond acceptors (Lipinski definition) is 6. The van der Waals surface area contributed by atoms with E-state index in [4.69, 9.17) is 0 Å². The fourth-order valence-corrected chi connectivity index (χ4v) is 2.64. The van der Waals surface area contributed by atoms with E-state index in [1.807, 2.05) is 43.3 Å². The van der Waals surface area contributed by atoms with Crippen LogP contribution in [0.5, 0.6) is 0 Å². The molecule has 0 aliphatic carbocycles. The van der Waals surface area contributed by atoms with Gasteiger partial charge in [0.1, 0.15) is 5.82 Å². The molecular formula is C22H22N4O3. The highest BCUT2D eigenvalue weighted by Crippen LogP contribution is 2.19. The molecule has 2 N–H and O–H groups in total. The Labute approximate surface area is 169 Å². The zero-order valence-corrected chi connectivity index (χ0v) is 16.5. The minimum Gasteiger partial charge on any atom is -0.465 e. The first kappa shape index (κ1) is 19.9. The molecule has 148 valence electrons. The van der Waals surface area contributed by atoms with Gasteiger partial charge < -0.3 is 20.3 Å². The van der Waals surface area contributed by atoms with Crippen LogP contribution in [0.4, 0.5) is 22.9 Å². The molecule has 0 radical (unpaired) electrons. The Hall–Kier alpha value is -3.87. The molecule has 1 heterocycles. The zero-order chi connectivity index (χ0) is 20.8. The van der Waals surface area contributed by atoms with Gasteiger partial charge >= 0.3 is 5.97 Å². The smallest absolute Gasteiger partial charge is 0.337 e. The minimum absolute atomic E-state index is 0.228. The van der Waals surface area contributed by atoms with Gasteiger partial charge in [-0.3, -0.25) is 4.79 Å². The highest BCUT2D eigenvalue weighted by Gasteiger charge is 2.09. The van der Waals surface area contributed by atoms with E-state index < -0.39 is 5.97 Å². The molecule has 2 aromatic carbocycles. The number of aromatic nitrogens is 1. The molecule has 3 rings (SSSR count). The van der Waals surface area contributed by atoms with Crippen LogP contribution in [0.25, 0.3) is 0 Å². The average Bonchev–Trinajstić information content (AvgIpc) is 2.74. The first-order chi connectivity index (χ1) is 14.0. The second-order valence-electron chi connectivity index (χ2n) is 6.52. The fraction of sp³-hybridized carbons (Fsp3) is 0.136. The van der Waals surface area contributed by atoms with Crippen molar-refractivity contribution in [2.75, 3.05) is 36.7 Å². The van der Waals surface area contributed by atoms with Crippen molar-refractivity contribution >= 4 is 34.8 Å². The number of benzene rings is 2. The van der Waals surface area contributed by atoms with Crippen LogP contribution in [0, 0.1) is 0 Å². The van der Waals surface area contributed by atoms with E-state index in [9.17, 15) is 9.59 Å². The third kappa shape index (κ3) is 5.10. The van der Waals surface area contributed by atoms with E-state index in [2.05, 4.69) is 20.4 Å².